The summed E-state index contributed by atoms with van der Waals surface area (Å²) in [5, 5.41) is 4.66. The largest absolute Gasteiger partial charge is 0.465 e. The van der Waals surface area contributed by atoms with Gasteiger partial charge in [0.1, 0.15) is 6.54 Å². The second-order valence-corrected chi connectivity index (χ2v) is 4.15. The summed E-state index contributed by atoms with van der Waals surface area (Å²) >= 11 is 3.06. The first-order valence-electron chi connectivity index (χ1n) is 5.48. The van der Waals surface area contributed by atoms with Gasteiger partial charge >= 0.3 is 5.97 Å². The molecule has 0 atom stereocenters. The normalized spacial score (nSPS) is 9.79. The SMILES string of the molecule is CCOC(=O)CNC(=O)CNC(=O)c1ccc(Br)o1. The summed E-state index contributed by atoms with van der Waals surface area (Å²) in [5.41, 5.74) is 0. The van der Waals surface area contributed by atoms with Crippen LogP contribution in [0.15, 0.2) is 21.2 Å². The van der Waals surface area contributed by atoms with Crippen LogP contribution in [0.25, 0.3) is 0 Å². The molecule has 0 aliphatic carbocycles. The molecule has 7 nitrogen and oxygen atoms in total. The smallest absolute Gasteiger partial charge is 0.325 e. The Hall–Kier alpha value is -1.83. The summed E-state index contributed by atoms with van der Waals surface area (Å²) in [4.78, 5) is 33.8. The molecular formula is C11H13BrN2O5. The van der Waals surface area contributed by atoms with Crippen molar-refractivity contribution < 1.29 is 23.5 Å². The quantitative estimate of drug-likeness (QED) is 0.737. The van der Waals surface area contributed by atoms with Crippen LogP contribution < -0.4 is 10.6 Å². The second-order valence-electron chi connectivity index (χ2n) is 3.37. The van der Waals surface area contributed by atoms with Gasteiger partial charge in [-0.05, 0) is 35.0 Å². The van der Waals surface area contributed by atoms with Crippen molar-refractivity contribution in [1.82, 2.24) is 10.6 Å². The maximum atomic E-state index is 11.5. The number of hydrogen-bond acceptors (Lipinski definition) is 5. The van der Waals surface area contributed by atoms with E-state index in [0.29, 0.717) is 4.67 Å². The molecule has 0 aliphatic rings. The third kappa shape index (κ3) is 5.56. The van der Waals surface area contributed by atoms with E-state index in [-0.39, 0.29) is 25.5 Å². The van der Waals surface area contributed by atoms with Gasteiger partial charge in [0, 0.05) is 0 Å². The Morgan fingerprint density at radius 2 is 2.00 bits per heavy atom. The van der Waals surface area contributed by atoms with Crippen LogP contribution in [0.2, 0.25) is 0 Å². The van der Waals surface area contributed by atoms with Gasteiger partial charge < -0.3 is 19.8 Å². The molecular weight excluding hydrogens is 320 g/mol. The lowest BCUT2D eigenvalue weighted by molar-refractivity contribution is -0.143. The summed E-state index contributed by atoms with van der Waals surface area (Å²) in [5.74, 6) is -1.45. The van der Waals surface area contributed by atoms with E-state index in [1.165, 1.54) is 6.07 Å². The van der Waals surface area contributed by atoms with E-state index in [1.807, 2.05) is 0 Å². The lowest BCUT2D eigenvalue weighted by Gasteiger charge is -2.05. The van der Waals surface area contributed by atoms with Crippen molar-refractivity contribution in [1.29, 1.82) is 0 Å². The second kappa shape index (κ2) is 7.57. The molecule has 0 radical (unpaired) electrons. The molecule has 2 amide bonds. The summed E-state index contributed by atoms with van der Waals surface area (Å²) in [6.45, 7) is 1.44. The molecule has 1 rings (SSSR count). The van der Waals surface area contributed by atoms with Crippen LogP contribution in [-0.2, 0) is 14.3 Å². The minimum Gasteiger partial charge on any atom is -0.465 e. The highest BCUT2D eigenvalue weighted by molar-refractivity contribution is 9.10. The monoisotopic (exact) mass is 332 g/mol. The van der Waals surface area contributed by atoms with Gasteiger partial charge in [-0.1, -0.05) is 0 Å². The van der Waals surface area contributed by atoms with Crippen molar-refractivity contribution in [2.75, 3.05) is 19.7 Å². The maximum Gasteiger partial charge on any atom is 0.325 e. The number of ether oxygens (including phenoxy) is 1. The van der Waals surface area contributed by atoms with E-state index in [4.69, 9.17) is 4.42 Å². The predicted molar refractivity (Wildman–Crippen MR) is 68.4 cm³/mol. The number of hydrogen-bond donors (Lipinski definition) is 2. The molecule has 1 aromatic heterocycles. The van der Waals surface area contributed by atoms with Gasteiger partial charge in [0.25, 0.3) is 5.91 Å². The van der Waals surface area contributed by atoms with Gasteiger partial charge in [-0.3, -0.25) is 14.4 Å². The molecule has 0 fully saturated rings. The summed E-state index contributed by atoms with van der Waals surface area (Å²) in [6.07, 6.45) is 0. The number of carbonyl (C=O) groups excluding carboxylic acids is 3. The molecule has 0 spiro atoms. The number of carbonyl (C=O) groups is 3. The summed E-state index contributed by atoms with van der Waals surface area (Å²) in [7, 11) is 0. The lowest BCUT2D eigenvalue weighted by Crippen LogP contribution is -2.39. The van der Waals surface area contributed by atoms with Gasteiger partial charge in [-0.2, -0.15) is 0 Å². The molecule has 1 aromatic rings. The molecule has 2 N–H and O–H groups in total. The van der Waals surface area contributed by atoms with Gasteiger partial charge in [-0.15, -0.1) is 0 Å². The van der Waals surface area contributed by atoms with E-state index in [9.17, 15) is 14.4 Å². The van der Waals surface area contributed by atoms with E-state index < -0.39 is 17.8 Å². The van der Waals surface area contributed by atoms with Gasteiger partial charge in [0.15, 0.2) is 10.4 Å². The Bertz CT molecular complexity index is 471. The van der Waals surface area contributed by atoms with E-state index in [2.05, 4.69) is 31.3 Å². The van der Waals surface area contributed by atoms with Crippen LogP contribution in [0.5, 0.6) is 0 Å². The van der Waals surface area contributed by atoms with Crippen LogP contribution >= 0.6 is 15.9 Å². The molecule has 1 heterocycles. The van der Waals surface area contributed by atoms with Crippen molar-refractivity contribution in [2.24, 2.45) is 0 Å². The van der Waals surface area contributed by atoms with Crippen LogP contribution in [0.1, 0.15) is 17.5 Å². The number of nitrogens with one attached hydrogen (secondary N) is 2. The fraction of sp³-hybridized carbons (Fsp3) is 0.364. The molecule has 0 saturated carbocycles. The zero-order valence-corrected chi connectivity index (χ0v) is 11.8. The van der Waals surface area contributed by atoms with Gasteiger partial charge in [0.2, 0.25) is 5.91 Å². The average Bonchev–Trinajstić information content (AvgIpc) is 2.80. The molecule has 0 saturated heterocycles. The number of amides is 2. The van der Waals surface area contributed by atoms with Crippen LogP contribution in [0.4, 0.5) is 0 Å². The lowest BCUT2D eigenvalue weighted by atomic mass is 10.4. The fourth-order valence-corrected chi connectivity index (χ4v) is 1.44. The minimum absolute atomic E-state index is 0.0880. The third-order valence-corrected chi connectivity index (χ3v) is 2.37. The van der Waals surface area contributed by atoms with Crippen LogP contribution in [0.3, 0.4) is 0 Å². The number of halogens is 1. The minimum atomic E-state index is -0.530. The molecule has 0 unspecified atom stereocenters. The van der Waals surface area contributed by atoms with Crippen molar-refractivity contribution in [2.45, 2.75) is 6.92 Å². The number of esters is 1. The molecule has 0 aromatic carbocycles. The Morgan fingerprint density at radius 1 is 1.26 bits per heavy atom. The molecule has 0 bridgehead atoms. The molecule has 0 aliphatic heterocycles. The third-order valence-electron chi connectivity index (χ3n) is 1.94. The zero-order chi connectivity index (χ0) is 14.3. The van der Waals surface area contributed by atoms with E-state index in [1.54, 1.807) is 13.0 Å². The van der Waals surface area contributed by atoms with E-state index in [0.717, 1.165) is 0 Å². The van der Waals surface area contributed by atoms with Crippen molar-refractivity contribution in [3.05, 3.63) is 22.6 Å². The molecule has 8 heteroatoms. The van der Waals surface area contributed by atoms with Crippen LogP contribution in [-0.4, -0.2) is 37.5 Å². The Balaban J connectivity index is 2.26. The van der Waals surface area contributed by atoms with Gasteiger partial charge in [-0.25, -0.2) is 0 Å². The molecule has 104 valence electrons. The molecule has 19 heavy (non-hydrogen) atoms. The Kier molecular flexibility index (Phi) is 6.07. The fourth-order valence-electron chi connectivity index (χ4n) is 1.13. The standard InChI is InChI=1S/C11H13BrN2O5/c1-2-18-10(16)6-13-9(15)5-14-11(17)7-3-4-8(12)19-7/h3-4H,2,5-6H2,1H3,(H,13,15)(H,14,17). The highest BCUT2D eigenvalue weighted by Crippen LogP contribution is 2.13. The Labute approximate surface area is 117 Å². The zero-order valence-electron chi connectivity index (χ0n) is 10.2. The first-order valence-corrected chi connectivity index (χ1v) is 6.28. The summed E-state index contributed by atoms with van der Waals surface area (Å²) in [6, 6.07) is 3.03. The highest BCUT2D eigenvalue weighted by Gasteiger charge is 2.12. The maximum absolute atomic E-state index is 11.5. The van der Waals surface area contributed by atoms with Crippen molar-refractivity contribution in [3.63, 3.8) is 0 Å². The number of furan rings is 1. The number of rotatable bonds is 6. The van der Waals surface area contributed by atoms with Gasteiger partial charge in [0.05, 0.1) is 13.2 Å². The van der Waals surface area contributed by atoms with E-state index >= 15 is 0 Å². The predicted octanol–water partition coefficient (Wildman–Crippen LogP) is 0.451. The Morgan fingerprint density at radius 3 is 2.58 bits per heavy atom. The first kappa shape index (κ1) is 15.2. The van der Waals surface area contributed by atoms with Crippen molar-refractivity contribution >= 4 is 33.7 Å². The highest BCUT2D eigenvalue weighted by atomic mass is 79.9. The summed E-state index contributed by atoms with van der Waals surface area (Å²) < 4.78 is 10.1. The van der Waals surface area contributed by atoms with Crippen LogP contribution in [0, 0.1) is 0 Å². The average molecular weight is 333 g/mol. The first-order chi connectivity index (χ1) is 9.02. The van der Waals surface area contributed by atoms with Crippen molar-refractivity contribution in [3.8, 4) is 0 Å². The topological polar surface area (TPSA) is 97.6 Å².